The maximum atomic E-state index is 11.5. The minimum absolute atomic E-state index is 0.274. The summed E-state index contributed by atoms with van der Waals surface area (Å²) in [7, 11) is 0. The van der Waals surface area contributed by atoms with Crippen LogP contribution in [-0.2, 0) is 4.79 Å². The number of carboxylic acid groups (broad SMARTS) is 1. The summed E-state index contributed by atoms with van der Waals surface area (Å²) in [5.74, 6) is -0.636. The number of hydrogen-bond acceptors (Lipinski definition) is 4. The van der Waals surface area contributed by atoms with Gasteiger partial charge in [-0.3, -0.25) is 14.7 Å². The summed E-state index contributed by atoms with van der Waals surface area (Å²) in [4.78, 5) is 19.1. The van der Waals surface area contributed by atoms with Crippen molar-refractivity contribution in [2.75, 3.05) is 13.1 Å². The molecule has 0 bridgehead atoms. The van der Waals surface area contributed by atoms with E-state index in [9.17, 15) is 9.90 Å². The van der Waals surface area contributed by atoms with Gasteiger partial charge in [-0.05, 0) is 26.3 Å². The molecule has 18 heavy (non-hydrogen) atoms. The van der Waals surface area contributed by atoms with Crippen molar-refractivity contribution in [1.29, 1.82) is 0 Å². The van der Waals surface area contributed by atoms with E-state index in [1.807, 2.05) is 11.7 Å². The van der Waals surface area contributed by atoms with Crippen LogP contribution in [-0.4, -0.2) is 34.0 Å². The van der Waals surface area contributed by atoms with Gasteiger partial charge < -0.3 is 5.11 Å². The first-order valence-electron chi connectivity index (χ1n) is 6.45. The van der Waals surface area contributed by atoms with Crippen LogP contribution in [0.4, 0.5) is 0 Å². The fraction of sp³-hybridized carbons (Fsp3) is 0.692. The first-order valence-corrected chi connectivity index (χ1v) is 7.33. The van der Waals surface area contributed by atoms with Crippen LogP contribution < -0.4 is 0 Å². The molecule has 1 saturated heterocycles. The number of nitrogens with zero attached hydrogens (tertiary/aromatic N) is 2. The van der Waals surface area contributed by atoms with E-state index in [0.717, 1.165) is 25.8 Å². The van der Waals surface area contributed by atoms with Gasteiger partial charge in [0.2, 0.25) is 0 Å². The molecule has 5 heteroatoms. The average Bonchev–Trinajstić information content (AvgIpc) is 2.98. The fourth-order valence-corrected chi connectivity index (χ4v) is 3.52. The molecule has 2 atom stereocenters. The molecule has 1 aliphatic rings. The van der Waals surface area contributed by atoms with Gasteiger partial charge in [0, 0.05) is 23.7 Å². The lowest BCUT2D eigenvalue weighted by Gasteiger charge is -2.27. The number of rotatable bonds is 5. The third kappa shape index (κ3) is 2.42. The van der Waals surface area contributed by atoms with Crippen molar-refractivity contribution in [3.05, 3.63) is 16.6 Å². The van der Waals surface area contributed by atoms with Crippen LogP contribution in [0.5, 0.6) is 0 Å². The standard InChI is InChI=1S/C13H20N2O2S/c1-3-4-13(12(16)17)5-6-15(8-13)10(2)11-7-14-9-18-11/h7,9-10H,3-6,8H2,1-2H3,(H,16,17). The van der Waals surface area contributed by atoms with Crippen molar-refractivity contribution < 1.29 is 9.90 Å². The molecule has 2 unspecified atom stereocenters. The SMILES string of the molecule is CCCC1(C(=O)O)CCN(C(C)c2cncs2)C1. The highest BCUT2D eigenvalue weighted by Crippen LogP contribution is 2.39. The number of aromatic nitrogens is 1. The van der Waals surface area contributed by atoms with Crippen molar-refractivity contribution in [3.8, 4) is 0 Å². The van der Waals surface area contributed by atoms with Crippen LogP contribution in [0.1, 0.15) is 44.0 Å². The number of likely N-dealkylation sites (tertiary alicyclic amines) is 1. The van der Waals surface area contributed by atoms with Gasteiger partial charge in [-0.1, -0.05) is 13.3 Å². The molecular formula is C13H20N2O2S. The van der Waals surface area contributed by atoms with Gasteiger partial charge in [0.15, 0.2) is 0 Å². The normalized spacial score (nSPS) is 26.3. The Balaban J connectivity index is 2.09. The highest BCUT2D eigenvalue weighted by molar-refractivity contribution is 7.09. The van der Waals surface area contributed by atoms with Crippen molar-refractivity contribution in [2.45, 2.75) is 39.2 Å². The molecule has 0 aliphatic carbocycles. The highest BCUT2D eigenvalue weighted by Gasteiger charge is 2.45. The van der Waals surface area contributed by atoms with Gasteiger partial charge in [-0.25, -0.2) is 0 Å². The predicted octanol–water partition coefficient (Wildman–Crippen LogP) is 2.78. The Morgan fingerprint density at radius 3 is 3.06 bits per heavy atom. The smallest absolute Gasteiger partial charge is 0.310 e. The highest BCUT2D eigenvalue weighted by atomic mass is 32.1. The second kappa shape index (κ2) is 5.36. The van der Waals surface area contributed by atoms with E-state index >= 15 is 0 Å². The van der Waals surface area contributed by atoms with Crippen molar-refractivity contribution in [3.63, 3.8) is 0 Å². The lowest BCUT2D eigenvalue weighted by atomic mass is 9.83. The number of thiazole rings is 1. The molecule has 4 nitrogen and oxygen atoms in total. The van der Waals surface area contributed by atoms with Gasteiger partial charge in [0.1, 0.15) is 0 Å². The summed E-state index contributed by atoms with van der Waals surface area (Å²) >= 11 is 1.64. The zero-order valence-electron chi connectivity index (χ0n) is 10.9. The molecule has 2 rings (SSSR count). The molecule has 2 heterocycles. The first kappa shape index (κ1) is 13.5. The molecule has 1 fully saturated rings. The van der Waals surface area contributed by atoms with Crippen molar-refractivity contribution in [2.24, 2.45) is 5.41 Å². The van der Waals surface area contributed by atoms with E-state index in [1.165, 1.54) is 4.88 Å². The third-order valence-corrected chi connectivity index (χ3v) is 4.92. The van der Waals surface area contributed by atoms with Crippen LogP contribution >= 0.6 is 11.3 Å². The summed E-state index contributed by atoms with van der Waals surface area (Å²) in [6.07, 6.45) is 4.35. The van der Waals surface area contributed by atoms with Crippen molar-refractivity contribution >= 4 is 17.3 Å². The van der Waals surface area contributed by atoms with Crippen LogP contribution in [0.25, 0.3) is 0 Å². The minimum Gasteiger partial charge on any atom is -0.481 e. The van der Waals surface area contributed by atoms with Crippen LogP contribution in [0.2, 0.25) is 0 Å². The number of aliphatic carboxylic acids is 1. The molecule has 0 saturated carbocycles. The van der Waals surface area contributed by atoms with Gasteiger partial charge in [0.25, 0.3) is 0 Å². The van der Waals surface area contributed by atoms with Crippen LogP contribution in [0.3, 0.4) is 0 Å². The molecule has 1 aromatic rings. The zero-order valence-corrected chi connectivity index (χ0v) is 11.7. The summed E-state index contributed by atoms with van der Waals surface area (Å²) in [5.41, 5.74) is 1.30. The maximum Gasteiger partial charge on any atom is 0.310 e. The Labute approximate surface area is 112 Å². The zero-order chi connectivity index (χ0) is 13.2. The Bertz CT molecular complexity index is 407. The van der Waals surface area contributed by atoms with Gasteiger partial charge in [-0.15, -0.1) is 11.3 Å². The quantitative estimate of drug-likeness (QED) is 0.892. The lowest BCUT2D eigenvalue weighted by Crippen LogP contribution is -2.35. The van der Waals surface area contributed by atoms with E-state index in [2.05, 4.69) is 23.7 Å². The second-order valence-electron chi connectivity index (χ2n) is 5.14. The topological polar surface area (TPSA) is 53.4 Å². The van der Waals surface area contributed by atoms with E-state index in [-0.39, 0.29) is 6.04 Å². The number of hydrogen-bond donors (Lipinski definition) is 1. The average molecular weight is 268 g/mol. The Morgan fingerprint density at radius 2 is 2.50 bits per heavy atom. The maximum absolute atomic E-state index is 11.5. The second-order valence-corrected chi connectivity index (χ2v) is 6.05. The molecule has 0 amide bonds. The molecule has 0 spiro atoms. The van der Waals surface area contributed by atoms with E-state index in [1.54, 1.807) is 11.3 Å². The summed E-state index contributed by atoms with van der Waals surface area (Å²) in [6, 6.07) is 0.274. The van der Waals surface area contributed by atoms with E-state index in [4.69, 9.17) is 0 Å². The Hall–Kier alpha value is -0.940. The lowest BCUT2D eigenvalue weighted by molar-refractivity contribution is -0.148. The Kier molecular flexibility index (Phi) is 4.02. The number of carbonyl (C=O) groups is 1. The van der Waals surface area contributed by atoms with Crippen LogP contribution in [0, 0.1) is 5.41 Å². The molecule has 1 aliphatic heterocycles. The molecule has 1 N–H and O–H groups in total. The molecule has 100 valence electrons. The minimum atomic E-state index is -0.636. The van der Waals surface area contributed by atoms with Gasteiger partial charge in [-0.2, -0.15) is 0 Å². The van der Waals surface area contributed by atoms with Crippen LogP contribution in [0.15, 0.2) is 11.7 Å². The number of carboxylic acids is 1. The van der Waals surface area contributed by atoms with Gasteiger partial charge in [0.05, 0.1) is 10.9 Å². The van der Waals surface area contributed by atoms with Crippen molar-refractivity contribution in [1.82, 2.24) is 9.88 Å². The third-order valence-electron chi connectivity index (χ3n) is 3.98. The van der Waals surface area contributed by atoms with E-state index in [0.29, 0.717) is 6.54 Å². The molecule has 1 aromatic heterocycles. The molecule has 0 radical (unpaired) electrons. The van der Waals surface area contributed by atoms with Gasteiger partial charge >= 0.3 is 5.97 Å². The summed E-state index contributed by atoms with van der Waals surface area (Å²) < 4.78 is 0. The van der Waals surface area contributed by atoms with E-state index < -0.39 is 11.4 Å². The fourth-order valence-electron chi connectivity index (χ4n) is 2.81. The summed E-state index contributed by atoms with van der Waals surface area (Å²) in [6.45, 7) is 5.72. The molecule has 0 aromatic carbocycles. The first-order chi connectivity index (χ1) is 8.59. The monoisotopic (exact) mass is 268 g/mol. The Morgan fingerprint density at radius 1 is 1.72 bits per heavy atom. The predicted molar refractivity (Wildman–Crippen MR) is 71.7 cm³/mol. The largest absolute Gasteiger partial charge is 0.481 e. The summed E-state index contributed by atoms with van der Waals surface area (Å²) in [5, 5.41) is 9.49. The molecular weight excluding hydrogens is 248 g/mol.